The highest BCUT2D eigenvalue weighted by Crippen LogP contribution is 2.40. The van der Waals surface area contributed by atoms with Crippen LogP contribution in [-0.2, 0) is 18.9 Å². The van der Waals surface area contributed by atoms with Gasteiger partial charge in [0, 0.05) is 14.2 Å². The molecule has 4 atom stereocenters. The van der Waals surface area contributed by atoms with E-state index < -0.39 is 11.9 Å². The van der Waals surface area contributed by atoms with Crippen molar-refractivity contribution in [3.63, 3.8) is 0 Å². The van der Waals surface area contributed by atoms with E-state index >= 15 is 0 Å². The highest BCUT2D eigenvalue weighted by molar-refractivity contribution is 5.06. The molecular weight excluding hydrogens is 176 g/mol. The fourth-order valence-corrected chi connectivity index (χ4v) is 2.10. The second-order valence-corrected chi connectivity index (χ2v) is 3.44. The molecule has 2 bridgehead atoms. The van der Waals surface area contributed by atoms with Crippen LogP contribution < -0.4 is 0 Å². The van der Waals surface area contributed by atoms with Crippen LogP contribution in [0.3, 0.4) is 0 Å². The number of rotatable bonds is 3. The third kappa shape index (κ3) is 1.19. The fraction of sp³-hybridized carbons (Fsp3) is 1.00. The van der Waals surface area contributed by atoms with E-state index in [2.05, 4.69) is 0 Å². The zero-order chi connectivity index (χ0) is 9.47. The lowest BCUT2D eigenvalue weighted by molar-refractivity contribution is -0.233. The molecule has 76 valence electrons. The molecule has 13 heavy (non-hydrogen) atoms. The molecule has 0 radical (unpaired) electrons. The summed E-state index contributed by atoms with van der Waals surface area (Å²) in [4.78, 5) is 0. The van der Waals surface area contributed by atoms with Gasteiger partial charge in [-0.1, -0.05) is 0 Å². The molecule has 2 fully saturated rings. The molecule has 0 saturated carbocycles. The lowest BCUT2D eigenvalue weighted by atomic mass is 10.0. The van der Waals surface area contributed by atoms with E-state index in [-0.39, 0.29) is 12.2 Å². The Balaban J connectivity index is 2.17. The summed E-state index contributed by atoms with van der Waals surface area (Å²) in [5.41, 5.74) is -0.617. The Kier molecular flexibility index (Phi) is 2.29. The minimum absolute atomic E-state index is 0.234. The summed E-state index contributed by atoms with van der Waals surface area (Å²) in [6, 6.07) is 0. The molecule has 0 spiro atoms. The van der Waals surface area contributed by atoms with Crippen LogP contribution in [0, 0.1) is 0 Å². The van der Waals surface area contributed by atoms with Crippen LogP contribution in [0.4, 0.5) is 0 Å². The molecule has 2 aliphatic heterocycles. The lowest BCUT2D eigenvalue weighted by Crippen LogP contribution is -2.45. The normalized spacial score (nSPS) is 48.7. The van der Waals surface area contributed by atoms with Crippen LogP contribution in [0.5, 0.6) is 0 Å². The first-order chi connectivity index (χ1) is 6.23. The first-order valence-corrected chi connectivity index (χ1v) is 4.23. The number of aliphatic hydroxyl groups excluding tert-OH is 1. The first kappa shape index (κ1) is 9.36. The molecule has 2 heterocycles. The van der Waals surface area contributed by atoms with Gasteiger partial charge in [0.15, 0.2) is 6.29 Å². The van der Waals surface area contributed by atoms with E-state index in [1.54, 1.807) is 14.2 Å². The predicted octanol–water partition coefficient (Wildman–Crippen LogP) is -0.866. The first-order valence-electron chi connectivity index (χ1n) is 4.23. The van der Waals surface area contributed by atoms with Gasteiger partial charge in [0.05, 0.1) is 13.2 Å². The summed E-state index contributed by atoms with van der Waals surface area (Å²) >= 11 is 0. The van der Waals surface area contributed by atoms with Crippen LogP contribution >= 0.6 is 0 Å². The standard InChI is InChI=1S/C8H14O5/c1-10-3-8-4-12-5(6(8)11-2)7(9)13-8/h5-7,9H,3-4H2,1-2H3/t5-,6+,7-,8+/m0/s1. The maximum absolute atomic E-state index is 9.43. The van der Waals surface area contributed by atoms with Crippen LogP contribution in [0.25, 0.3) is 0 Å². The molecule has 0 aromatic rings. The summed E-state index contributed by atoms with van der Waals surface area (Å²) in [5, 5.41) is 9.43. The van der Waals surface area contributed by atoms with Crippen LogP contribution in [-0.4, -0.2) is 56.6 Å². The maximum Gasteiger partial charge on any atom is 0.184 e. The maximum atomic E-state index is 9.43. The van der Waals surface area contributed by atoms with E-state index in [0.29, 0.717) is 13.2 Å². The van der Waals surface area contributed by atoms with E-state index in [4.69, 9.17) is 18.9 Å². The van der Waals surface area contributed by atoms with Gasteiger partial charge in [0.25, 0.3) is 0 Å². The van der Waals surface area contributed by atoms with Gasteiger partial charge in [0.1, 0.15) is 17.8 Å². The topological polar surface area (TPSA) is 57.2 Å². The number of hydrogen-bond donors (Lipinski definition) is 1. The Morgan fingerprint density at radius 2 is 2.31 bits per heavy atom. The van der Waals surface area contributed by atoms with Crippen LogP contribution in [0.2, 0.25) is 0 Å². The Bertz CT molecular complexity index is 197. The molecule has 2 rings (SSSR count). The van der Waals surface area contributed by atoms with Gasteiger partial charge in [-0.25, -0.2) is 0 Å². The molecular formula is C8H14O5. The molecule has 2 saturated heterocycles. The third-order valence-corrected chi connectivity index (χ3v) is 2.62. The smallest absolute Gasteiger partial charge is 0.184 e. The fourth-order valence-electron chi connectivity index (χ4n) is 2.10. The third-order valence-electron chi connectivity index (χ3n) is 2.62. The Morgan fingerprint density at radius 3 is 2.85 bits per heavy atom. The SMILES string of the molecule is COC[C@@]12CO[C@@H]([C@H]1OC)[C@@H](O)O2. The second kappa shape index (κ2) is 3.18. The minimum Gasteiger partial charge on any atom is -0.381 e. The van der Waals surface area contributed by atoms with Crippen molar-refractivity contribution in [2.45, 2.75) is 24.1 Å². The van der Waals surface area contributed by atoms with E-state index in [9.17, 15) is 5.11 Å². The van der Waals surface area contributed by atoms with Gasteiger partial charge in [-0.3, -0.25) is 0 Å². The van der Waals surface area contributed by atoms with Gasteiger partial charge in [-0.15, -0.1) is 0 Å². The van der Waals surface area contributed by atoms with Gasteiger partial charge in [0.2, 0.25) is 0 Å². The molecule has 1 N–H and O–H groups in total. The van der Waals surface area contributed by atoms with Gasteiger partial charge in [-0.2, -0.15) is 0 Å². The largest absolute Gasteiger partial charge is 0.381 e. The van der Waals surface area contributed by atoms with Crippen molar-refractivity contribution >= 4 is 0 Å². The second-order valence-electron chi connectivity index (χ2n) is 3.44. The summed E-state index contributed by atoms with van der Waals surface area (Å²) < 4.78 is 21.0. The number of hydrogen-bond acceptors (Lipinski definition) is 5. The predicted molar refractivity (Wildman–Crippen MR) is 42.2 cm³/mol. The van der Waals surface area contributed by atoms with Crippen molar-refractivity contribution in [1.29, 1.82) is 0 Å². The molecule has 0 unspecified atom stereocenters. The minimum atomic E-state index is -0.895. The number of methoxy groups -OCH3 is 2. The summed E-state index contributed by atoms with van der Waals surface area (Å²) in [6.45, 7) is 0.792. The highest BCUT2D eigenvalue weighted by Gasteiger charge is 2.61. The monoisotopic (exact) mass is 190 g/mol. The molecule has 0 aromatic heterocycles. The average Bonchev–Trinajstić information content (AvgIpc) is 2.55. The number of aliphatic hydroxyl groups is 1. The Hall–Kier alpha value is -0.200. The van der Waals surface area contributed by atoms with E-state index in [1.165, 1.54) is 0 Å². The van der Waals surface area contributed by atoms with Crippen molar-refractivity contribution < 1.29 is 24.1 Å². The van der Waals surface area contributed by atoms with Crippen LogP contribution in [0.15, 0.2) is 0 Å². The van der Waals surface area contributed by atoms with E-state index in [1.807, 2.05) is 0 Å². The van der Waals surface area contributed by atoms with Gasteiger partial charge >= 0.3 is 0 Å². The van der Waals surface area contributed by atoms with Gasteiger partial charge < -0.3 is 24.1 Å². The highest BCUT2D eigenvalue weighted by atomic mass is 16.7. The summed E-state index contributed by atoms with van der Waals surface area (Å²) in [6.07, 6.45) is -1.50. The molecule has 0 amide bonds. The Morgan fingerprint density at radius 1 is 1.54 bits per heavy atom. The van der Waals surface area contributed by atoms with Crippen molar-refractivity contribution in [2.75, 3.05) is 27.4 Å². The van der Waals surface area contributed by atoms with E-state index in [0.717, 1.165) is 0 Å². The lowest BCUT2D eigenvalue weighted by Gasteiger charge is -2.28. The average molecular weight is 190 g/mol. The quantitative estimate of drug-likeness (QED) is 0.627. The number of ether oxygens (including phenoxy) is 4. The summed E-state index contributed by atoms with van der Waals surface area (Å²) in [7, 11) is 3.17. The van der Waals surface area contributed by atoms with Gasteiger partial charge in [-0.05, 0) is 0 Å². The van der Waals surface area contributed by atoms with Crippen molar-refractivity contribution in [3.05, 3.63) is 0 Å². The molecule has 5 nitrogen and oxygen atoms in total. The molecule has 0 aromatic carbocycles. The summed E-state index contributed by atoms with van der Waals surface area (Å²) in [5.74, 6) is 0. The zero-order valence-corrected chi connectivity index (χ0v) is 7.73. The van der Waals surface area contributed by atoms with Crippen molar-refractivity contribution in [1.82, 2.24) is 0 Å². The zero-order valence-electron chi connectivity index (χ0n) is 7.73. The molecule has 0 aliphatic carbocycles. The van der Waals surface area contributed by atoms with Crippen molar-refractivity contribution in [2.24, 2.45) is 0 Å². The van der Waals surface area contributed by atoms with Crippen LogP contribution in [0.1, 0.15) is 0 Å². The Labute approximate surface area is 76.5 Å². The van der Waals surface area contributed by atoms with Crippen molar-refractivity contribution in [3.8, 4) is 0 Å². The molecule has 2 aliphatic rings. The number of fused-ring (bicyclic) bond motifs is 2. The molecule has 5 heteroatoms.